The Kier molecular flexibility index (Phi) is 8.33. The Morgan fingerprint density at radius 3 is 2.34 bits per heavy atom. The van der Waals surface area contributed by atoms with E-state index in [1.807, 2.05) is 26.8 Å². The van der Waals surface area contributed by atoms with Crippen molar-refractivity contribution in [2.24, 2.45) is 5.10 Å². The number of nitrogens with zero attached hydrogens (tertiary/aromatic N) is 1. The highest BCUT2D eigenvalue weighted by Crippen LogP contribution is 2.37. The van der Waals surface area contributed by atoms with Gasteiger partial charge in [0.05, 0.1) is 37.6 Å². The predicted molar refractivity (Wildman–Crippen MR) is 116 cm³/mol. The monoisotopic (exact) mass is 464 g/mol. The highest BCUT2D eigenvalue weighted by atomic mass is 79.9. The number of amides is 1. The van der Waals surface area contributed by atoms with E-state index in [2.05, 4.69) is 26.5 Å². The number of hydrazone groups is 1. The van der Waals surface area contributed by atoms with Crippen LogP contribution in [0.25, 0.3) is 0 Å². The Morgan fingerprint density at radius 2 is 1.79 bits per heavy atom. The summed E-state index contributed by atoms with van der Waals surface area (Å²) in [6, 6.07) is 8.54. The first kappa shape index (κ1) is 22.5. The van der Waals surface area contributed by atoms with E-state index in [1.54, 1.807) is 24.3 Å². The number of rotatable bonds is 9. The number of carbonyl (C=O) groups excluding carboxylic acids is 1. The molecular formula is C21H25BrN2O5. The van der Waals surface area contributed by atoms with Gasteiger partial charge in [0.15, 0.2) is 11.5 Å². The molecule has 29 heavy (non-hydrogen) atoms. The van der Waals surface area contributed by atoms with Crippen LogP contribution in [-0.2, 0) is 0 Å². The van der Waals surface area contributed by atoms with Gasteiger partial charge >= 0.3 is 0 Å². The van der Waals surface area contributed by atoms with Gasteiger partial charge in [0.1, 0.15) is 11.5 Å². The molecule has 1 N–H and O–H groups in total. The van der Waals surface area contributed by atoms with E-state index in [4.69, 9.17) is 18.9 Å². The number of hydrogen-bond donors (Lipinski definition) is 1. The summed E-state index contributed by atoms with van der Waals surface area (Å²) in [4.78, 5) is 12.4. The average Bonchev–Trinajstić information content (AvgIpc) is 2.70. The van der Waals surface area contributed by atoms with Gasteiger partial charge in [-0.15, -0.1) is 0 Å². The summed E-state index contributed by atoms with van der Waals surface area (Å²) in [5.74, 6) is 1.88. The molecule has 2 rings (SSSR count). The normalized spacial score (nSPS) is 10.9. The van der Waals surface area contributed by atoms with Crippen molar-refractivity contribution in [1.29, 1.82) is 0 Å². The van der Waals surface area contributed by atoms with Gasteiger partial charge in [-0.2, -0.15) is 5.10 Å². The topological polar surface area (TPSA) is 78.4 Å². The second-order valence-corrected chi connectivity index (χ2v) is 7.08. The van der Waals surface area contributed by atoms with Crippen LogP contribution in [0.5, 0.6) is 23.0 Å². The second-order valence-electron chi connectivity index (χ2n) is 6.23. The Labute approximate surface area is 179 Å². The number of carbonyl (C=O) groups is 1. The Hall–Kier alpha value is -2.74. The van der Waals surface area contributed by atoms with Gasteiger partial charge in [0, 0.05) is 11.6 Å². The fraction of sp³-hybridized carbons (Fsp3) is 0.333. The van der Waals surface area contributed by atoms with Crippen LogP contribution in [0.4, 0.5) is 0 Å². The first-order chi connectivity index (χ1) is 13.9. The van der Waals surface area contributed by atoms with E-state index in [1.165, 1.54) is 20.4 Å². The first-order valence-electron chi connectivity index (χ1n) is 9.07. The van der Waals surface area contributed by atoms with Crippen molar-refractivity contribution in [2.75, 3.05) is 20.8 Å². The Bertz CT molecular complexity index is 861. The lowest BCUT2D eigenvalue weighted by Crippen LogP contribution is -2.17. The summed E-state index contributed by atoms with van der Waals surface area (Å²) >= 11 is 3.50. The van der Waals surface area contributed by atoms with Gasteiger partial charge in [-0.25, -0.2) is 5.43 Å². The highest BCUT2D eigenvalue weighted by Gasteiger charge is 2.13. The molecular weight excluding hydrogens is 440 g/mol. The summed E-state index contributed by atoms with van der Waals surface area (Å²) in [5.41, 5.74) is 3.61. The smallest absolute Gasteiger partial charge is 0.271 e. The minimum atomic E-state index is -0.387. The van der Waals surface area contributed by atoms with Crippen LogP contribution >= 0.6 is 15.9 Å². The van der Waals surface area contributed by atoms with Crippen molar-refractivity contribution < 1.29 is 23.7 Å². The molecule has 0 heterocycles. The zero-order chi connectivity index (χ0) is 21.4. The molecule has 0 unspecified atom stereocenters. The fourth-order valence-corrected chi connectivity index (χ4v) is 3.00. The van der Waals surface area contributed by atoms with Crippen LogP contribution in [0.3, 0.4) is 0 Å². The molecule has 0 spiro atoms. The van der Waals surface area contributed by atoms with Crippen LogP contribution in [0.1, 0.15) is 36.7 Å². The summed E-state index contributed by atoms with van der Waals surface area (Å²) in [5, 5.41) is 4.04. The molecule has 0 saturated heterocycles. The lowest BCUT2D eigenvalue weighted by molar-refractivity contribution is 0.0954. The van der Waals surface area contributed by atoms with E-state index in [0.717, 1.165) is 10.0 Å². The minimum absolute atomic E-state index is 0.00386. The van der Waals surface area contributed by atoms with Crippen LogP contribution in [0.15, 0.2) is 39.9 Å². The standard InChI is InChI=1S/C21H25BrN2O5/c1-6-28-19-8-14(7-18(22)20(19)29-13(2)3)12-23-24-21(25)15-9-16(26-4)11-17(10-15)27-5/h7-13H,6H2,1-5H3,(H,24,25)/b23-12-. The second kappa shape index (κ2) is 10.7. The third-order valence-electron chi connectivity index (χ3n) is 3.68. The van der Waals surface area contributed by atoms with Crippen LogP contribution in [0, 0.1) is 0 Å². The molecule has 0 radical (unpaired) electrons. The lowest BCUT2D eigenvalue weighted by atomic mass is 10.2. The summed E-state index contributed by atoms with van der Waals surface area (Å²) in [6.07, 6.45) is 1.53. The van der Waals surface area contributed by atoms with Gasteiger partial charge in [0.25, 0.3) is 5.91 Å². The van der Waals surface area contributed by atoms with Crippen LogP contribution < -0.4 is 24.4 Å². The number of ether oxygens (including phenoxy) is 4. The molecule has 156 valence electrons. The van der Waals surface area contributed by atoms with E-state index in [9.17, 15) is 4.79 Å². The molecule has 1 amide bonds. The van der Waals surface area contributed by atoms with Gasteiger partial charge in [-0.05, 0) is 66.5 Å². The quantitative estimate of drug-likeness (QED) is 0.438. The minimum Gasteiger partial charge on any atom is -0.497 e. The third-order valence-corrected chi connectivity index (χ3v) is 4.27. The zero-order valence-electron chi connectivity index (χ0n) is 17.1. The highest BCUT2D eigenvalue weighted by molar-refractivity contribution is 9.10. The maximum absolute atomic E-state index is 12.4. The van der Waals surface area contributed by atoms with Gasteiger partial charge < -0.3 is 18.9 Å². The zero-order valence-corrected chi connectivity index (χ0v) is 18.7. The van der Waals surface area contributed by atoms with Crippen molar-refractivity contribution >= 4 is 28.1 Å². The van der Waals surface area contributed by atoms with Crippen LogP contribution in [-0.4, -0.2) is 39.1 Å². The lowest BCUT2D eigenvalue weighted by Gasteiger charge is -2.16. The van der Waals surface area contributed by atoms with Crippen molar-refractivity contribution in [3.05, 3.63) is 45.9 Å². The summed E-state index contributed by atoms with van der Waals surface area (Å²) in [7, 11) is 3.05. The third kappa shape index (κ3) is 6.39. The molecule has 0 saturated carbocycles. The Balaban J connectivity index is 2.18. The Morgan fingerprint density at radius 1 is 1.14 bits per heavy atom. The number of benzene rings is 2. The summed E-state index contributed by atoms with van der Waals surface area (Å²) < 4.78 is 22.6. The SMILES string of the molecule is CCOc1cc(/C=N\NC(=O)c2cc(OC)cc(OC)c2)cc(Br)c1OC(C)C. The molecule has 2 aromatic rings. The predicted octanol–water partition coefficient (Wildman–Crippen LogP) is 4.42. The maximum atomic E-state index is 12.4. The molecule has 0 bridgehead atoms. The number of halogens is 1. The van der Waals surface area contributed by atoms with Crippen molar-refractivity contribution in [2.45, 2.75) is 26.9 Å². The first-order valence-corrected chi connectivity index (χ1v) is 9.86. The molecule has 0 fully saturated rings. The van der Waals surface area contributed by atoms with E-state index in [-0.39, 0.29) is 12.0 Å². The molecule has 0 aromatic heterocycles. The number of methoxy groups -OCH3 is 2. The van der Waals surface area contributed by atoms with Gasteiger partial charge in [-0.3, -0.25) is 4.79 Å². The van der Waals surface area contributed by atoms with E-state index >= 15 is 0 Å². The van der Waals surface area contributed by atoms with Crippen LogP contribution in [0.2, 0.25) is 0 Å². The fourth-order valence-electron chi connectivity index (χ4n) is 2.44. The summed E-state index contributed by atoms with van der Waals surface area (Å²) in [6.45, 7) is 6.29. The molecule has 0 aliphatic rings. The maximum Gasteiger partial charge on any atom is 0.271 e. The number of nitrogens with one attached hydrogen (secondary N) is 1. The number of hydrogen-bond acceptors (Lipinski definition) is 6. The molecule has 8 heteroatoms. The van der Waals surface area contributed by atoms with Gasteiger partial charge in [-0.1, -0.05) is 0 Å². The van der Waals surface area contributed by atoms with E-state index < -0.39 is 0 Å². The van der Waals surface area contributed by atoms with E-state index in [0.29, 0.717) is 35.2 Å². The molecule has 0 aliphatic carbocycles. The average molecular weight is 465 g/mol. The van der Waals surface area contributed by atoms with Crippen molar-refractivity contribution in [3.63, 3.8) is 0 Å². The molecule has 7 nitrogen and oxygen atoms in total. The molecule has 2 aromatic carbocycles. The largest absolute Gasteiger partial charge is 0.497 e. The molecule has 0 atom stereocenters. The van der Waals surface area contributed by atoms with Crippen molar-refractivity contribution in [1.82, 2.24) is 5.43 Å². The van der Waals surface area contributed by atoms with Gasteiger partial charge in [0.2, 0.25) is 0 Å². The molecule has 0 aliphatic heterocycles. The van der Waals surface area contributed by atoms with Crippen molar-refractivity contribution in [3.8, 4) is 23.0 Å².